The monoisotopic (exact) mass is 350 g/mol. The molecule has 5 nitrogen and oxygen atoms in total. The summed E-state index contributed by atoms with van der Waals surface area (Å²) in [5.74, 6) is -0.764. The first kappa shape index (κ1) is 16.1. The fourth-order valence-corrected chi connectivity index (χ4v) is 3.66. The van der Waals surface area contributed by atoms with Crippen molar-refractivity contribution in [3.63, 3.8) is 0 Å². The van der Waals surface area contributed by atoms with E-state index in [1.807, 2.05) is 30.3 Å². The van der Waals surface area contributed by atoms with Crippen LogP contribution in [0.5, 0.6) is 0 Å². The van der Waals surface area contributed by atoms with Crippen LogP contribution in [-0.2, 0) is 0 Å². The summed E-state index contributed by atoms with van der Waals surface area (Å²) in [6.45, 7) is 0.249. The molecule has 3 heterocycles. The number of carbonyl (C=O) groups excluding carboxylic acids is 1. The molecule has 1 aromatic carbocycles. The van der Waals surface area contributed by atoms with Crippen molar-refractivity contribution in [2.75, 3.05) is 6.54 Å². The Labute approximate surface area is 142 Å². The van der Waals surface area contributed by atoms with Gasteiger partial charge in [0.05, 0.1) is 12.1 Å². The number of alkyl halides is 3. The second kappa shape index (κ2) is 6.16. The summed E-state index contributed by atoms with van der Waals surface area (Å²) in [4.78, 5) is 17.7. The summed E-state index contributed by atoms with van der Waals surface area (Å²) in [7, 11) is 0. The largest absolute Gasteiger partial charge is 0.327 e. The Balaban J connectivity index is 1.64. The van der Waals surface area contributed by atoms with E-state index in [-0.39, 0.29) is 37.1 Å². The maximum absolute atomic E-state index is 14.3. The van der Waals surface area contributed by atoms with Crippen LogP contribution in [0.4, 0.5) is 13.2 Å². The summed E-state index contributed by atoms with van der Waals surface area (Å²) >= 11 is 0. The molecule has 1 aromatic heterocycles. The first-order valence-corrected chi connectivity index (χ1v) is 8.31. The van der Waals surface area contributed by atoms with Crippen LogP contribution < -0.4 is 0 Å². The predicted molar refractivity (Wildman–Crippen MR) is 83.1 cm³/mol. The number of hydrogen-bond acceptors (Lipinski definition) is 3. The molecule has 1 unspecified atom stereocenters. The Morgan fingerprint density at radius 3 is 2.72 bits per heavy atom. The van der Waals surface area contributed by atoms with Gasteiger partial charge in [-0.2, -0.15) is 0 Å². The van der Waals surface area contributed by atoms with E-state index in [0.29, 0.717) is 6.42 Å². The first-order chi connectivity index (χ1) is 12.1. The van der Waals surface area contributed by atoms with E-state index in [1.165, 1.54) is 4.68 Å². The van der Waals surface area contributed by atoms with Crippen molar-refractivity contribution in [1.82, 2.24) is 19.7 Å². The number of rotatable bonds is 3. The molecule has 8 heteroatoms. The highest BCUT2D eigenvalue weighted by molar-refractivity contribution is 5.91. The average Bonchev–Trinajstić information content (AvgIpc) is 3.31. The number of amides is 1. The molecule has 0 spiro atoms. The van der Waals surface area contributed by atoms with Crippen molar-refractivity contribution < 1.29 is 18.0 Å². The van der Waals surface area contributed by atoms with Crippen molar-refractivity contribution in [2.45, 2.75) is 43.9 Å². The van der Waals surface area contributed by atoms with Crippen molar-refractivity contribution in [3.8, 4) is 0 Å². The van der Waals surface area contributed by atoms with E-state index < -0.39 is 24.5 Å². The van der Waals surface area contributed by atoms with Gasteiger partial charge in [0.25, 0.3) is 12.3 Å². The Morgan fingerprint density at radius 1 is 1.24 bits per heavy atom. The standard InChI is InChI=1S/C17H17F3N4O/c18-11-9-13(10-5-2-1-3-6-10)24-16(11)21-15(22-24)17(25)23-8-4-7-12(23)14(19)20/h1-3,5-6,11-14H,4,7-9H2/t11-,12?,13-/m0/s1. The number of hydrogen-bond donors (Lipinski definition) is 0. The summed E-state index contributed by atoms with van der Waals surface area (Å²) in [5, 5.41) is 4.17. The topological polar surface area (TPSA) is 51.0 Å². The molecule has 0 saturated carbocycles. The predicted octanol–water partition coefficient (Wildman–Crippen LogP) is 3.15. The van der Waals surface area contributed by atoms with Gasteiger partial charge in [-0.1, -0.05) is 30.3 Å². The van der Waals surface area contributed by atoms with E-state index in [1.54, 1.807) is 0 Å². The minimum absolute atomic E-state index is 0.0880. The minimum atomic E-state index is -2.60. The van der Waals surface area contributed by atoms with Gasteiger partial charge in [-0.15, -0.1) is 5.10 Å². The van der Waals surface area contributed by atoms with Gasteiger partial charge in [-0.3, -0.25) is 4.79 Å². The van der Waals surface area contributed by atoms with Crippen molar-refractivity contribution >= 4 is 5.91 Å². The fraction of sp³-hybridized carbons (Fsp3) is 0.471. The van der Waals surface area contributed by atoms with Crippen LogP contribution in [0, 0.1) is 0 Å². The van der Waals surface area contributed by atoms with Crippen LogP contribution in [-0.4, -0.2) is 44.6 Å². The van der Waals surface area contributed by atoms with E-state index in [9.17, 15) is 18.0 Å². The molecule has 1 fully saturated rings. The third-order valence-corrected chi connectivity index (χ3v) is 4.89. The van der Waals surface area contributed by atoms with Gasteiger partial charge in [0.15, 0.2) is 12.0 Å². The van der Waals surface area contributed by atoms with Gasteiger partial charge in [0.1, 0.15) is 0 Å². The number of aromatic nitrogens is 3. The van der Waals surface area contributed by atoms with Gasteiger partial charge in [-0.05, 0) is 18.4 Å². The first-order valence-electron chi connectivity index (χ1n) is 8.31. The Bertz CT molecular complexity index is 779. The maximum Gasteiger partial charge on any atom is 0.293 e. The number of halogens is 3. The number of carbonyl (C=O) groups is 1. The Hall–Kier alpha value is -2.38. The normalized spacial score (nSPS) is 25.6. The molecule has 2 aliphatic rings. The molecule has 0 N–H and O–H groups in total. The third kappa shape index (κ3) is 2.69. The van der Waals surface area contributed by atoms with Crippen LogP contribution in [0.15, 0.2) is 30.3 Å². The molecule has 2 aromatic rings. The summed E-state index contributed by atoms with van der Waals surface area (Å²) < 4.78 is 41.9. The fourth-order valence-electron chi connectivity index (χ4n) is 3.66. The molecular formula is C17H17F3N4O. The summed E-state index contributed by atoms with van der Waals surface area (Å²) in [6.07, 6.45) is -2.95. The number of fused-ring (bicyclic) bond motifs is 1. The zero-order chi connectivity index (χ0) is 17.6. The molecule has 2 aliphatic heterocycles. The molecule has 132 valence electrons. The molecule has 25 heavy (non-hydrogen) atoms. The van der Waals surface area contributed by atoms with E-state index >= 15 is 0 Å². The average molecular weight is 350 g/mol. The van der Waals surface area contributed by atoms with Crippen LogP contribution in [0.3, 0.4) is 0 Å². The van der Waals surface area contributed by atoms with Crippen LogP contribution in [0.25, 0.3) is 0 Å². The molecule has 1 amide bonds. The molecular weight excluding hydrogens is 333 g/mol. The van der Waals surface area contributed by atoms with E-state index in [2.05, 4.69) is 10.1 Å². The molecule has 0 bridgehead atoms. The maximum atomic E-state index is 14.3. The van der Waals surface area contributed by atoms with Crippen LogP contribution in [0.1, 0.15) is 53.5 Å². The van der Waals surface area contributed by atoms with Gasteiger partial charge >= 0.3 is 0 Å². The molecule has 1 saturated heterocycles. The lowest BCUT2D eigenvalue weighted by atomic mass is 10.0. The van der Waals surface area contributed by atoms with Crippen LogP contribution in [0.2, 0.25) is 0 Å². The smallest absolute Gasteiger partial charge is 0.293 e. The zero-order valence-corrected chi connectivity index (χ0v) is 13.4. The second-order valence-electron chi connectivity index (χ2n) is 6.41. The zero-order valence-electron chi connectivity index (χ0n) is 13.4. The molecule has 4 rings (SSSR count). The van der Waals surface area contributed by atoms with Crippen molar-refractivity contribution in [2.24, 2.45) is 0 Å². The highest BCUT2D eigenvalue weighted by Gasteiger charge is 2.40. The Morgan fingerprint density at radius 2 is 2.00 bits per heavy atom. The van der Waals surface area contributed by atoms with Gasteiger partial charge < -0.3 is 4.90 Å². The van der Waals surface area contributed by atoms with Gasteiger partial charge in [0, 0.05) is 13.0 Å². The van der Waals surface area contributed by atoms with Crippen molar-refractivity contribution in [1.29, 1.82) is 0 Å². The lowest BCUT2D eigenvalue weighted by molar-refractivity contribution is 0.0354. The number of benzene rings is 1. The molecule has 0 aliphatic carbocycles. The molecule has 3 atom stereocenters. The third-order valence-electron chi connectivity index (χ3n) is 4.89. The van der Waals surface area contributed by atoms with Crippen molar-refractivity contribution in [3.05, 3.63) is 47.5 Å². The number of likely N-dealkylation sites (tertiary alicyclic amines) is 1. The molecule has 0 radical (unpaired) electrons. The van der Waals surface area contributed by atoms with E-state index in [0.717, 1.165) is 10.5 Å². The minimum Gasteiger partial charge on any atom is -0.327 e. The quantitative estimate of drug-likeness (QED) is 0.854. The lowest BCUT2D eigenvalue weighted by Crippen LogP contribution is -2.40. The second-order valence-corrected chi connectivity index (χ2v) is 6.41. The van der Waals surface area contributed by atoms with E-state index in [4.69, 9.17) is 0 Å². The SMILES string of the molecule is O=C(c1nc2n(n1)[C@H](c1ccccc1)C[C@@H]2F)N1CCCC1C(F)F. The van der Waals surface area contributed by atoms with Gasteiger partial charge in [0.2, 0.25) is 5.82 Å². The summed E-state index contributed by atoms with van der Waals surface area (Å²) in [6, 6.07) is 7.83. The van der Waals surface area contributed by atoms with Crippen LogP contribution >= 0.6 is 0 Å². The number of nitrogens with zero attached hydrogens (tertiary/aromatic N) is 4. The summed E-state index contributed by atoms with van der Waals surface area (Å²) in [5.41, 5.74) is 0.874. The lowest BCUT2D eigenvalue weighted by Gasteiger charge is -2.22. The highest BCUT2D eigenvalue weighted by atomic mass is 19.3. The highest BCUT2D eigenvalue weighted by Crippen LogP contribution is 2.39. The van der Waals surface area contributed by atoms with Gasteiger partial charge in [-0.25, -0.2) is 22.8 Å². The Kier molecular flexibility index (Phi) is 3.97.